The van der Waals surface area contributed by atoms with Gasteiger partial charge in [0.1, 0.15) is 10.6 Å². The predicted molar refractivity (Wildman–Crippen MR) is 104 cm³/mol. The molecule has 2 aromatic heterocycles. The van der Waals surface area contributed by atoms with Gasteiger partial charge in [-0.3, -0.25) is 18.9 Å². The van der Waals surface area contributed by atoms with Crippen LogP contribution in [0.1, 0.15) is 31.3 Å². The minimum absolute atomic E-state index is 0.0260. The molecule has 0 aliphatic carbocycles. The summed E-state index contributed by atoms with van der Waals surface area (Å²) in [7, 11) is -2.24. The van der Waals surface area contributed by atoms with Crippen molar-refractivity contribution in [2.75, 3.05) is 4.72 Å². The average Bonchev–Trinajstić information content (AvgIpc) is 3.11. The van der Waals surface area contributed by atoms with Crippen molar-refractivity contribution >= 4 is 15.7 Å². The highest BCUT2D eigenvalue weighted by Crippen LogP contribution is 2.21. The molecule has 0 atom stereocenters. The molecule has 3 rings (SSSR count). The van der Waals surface area contributed by atoms with Crippen molar-refractivity contribution in [2.45, 2.75) is 38.6 Å². The van der Waals surface area contributed by atoms with E-state index >= 15 is 0 Å². The molecule has 0 amide bonds. The first-order valence-electron chi connectivity index (χ1n) is 8.56. The van der Waals surface area contributed by atoms with Gasteiger partial charge in [0.05, 0.1) is 17.1 Å². The van der Waals surface area contributed by atoms with Crippen LogP contribution in [0.2, 0.25) is 0 Å². The maximum atomic E-state index is 12.9. The largest absolute Gasteiger partial charge is 0.296 e. The fourth-order valence-corrected chi connectivity index (χ4v) is 4.16. The van der Waals surface area contributed by atoms with E-state index < -0.39 is 15.6 Å². The lowest BCUT2D eigenvalue weighted by Gasteiger charge is -2.07. The third kappa shape index (κ3) is 3.30. The lowest BCUT2D eigenvalue weighted by molar-refractivity contribution is 0.528. The van der Waals surface area contributed by atoms with Crippen molar-refractivity contribution in [3.05, 3.63) is 58.3 Å². The van der Waals surface area contributed by atoms with Gasteiger partial charge in [-0.25, -0.2) is 13.1 Å². The SMILES string of the molecule is Cc1nn(C(C)C)cc1S(=O)(=O)Nc1c(C)n(C)n(-c2ccccc2)c1=O. The van der Waals surface area contributed by atoms with Crippen LogP contribution in [0.25, 0.3) is 5.69 Å². The van der Waals surface area contributed by atoms with E-state index in [4.69, 9.17) is 0 Å². The summed E-state index contributed by atoms with van der Waals surface area (Å²) in [4.78, 5) is 13.0. The Kier molecular flexibility index (Phi) is 4.73. The standard InChI is InChI=1S/C18H23N5O3S/c1-12(2)22-11-16(13(3)19-22)27(25,26)20-17-14(4)21(5)23(18(17)24)15-9-7-6-8-10-15/h6-12,20H,1-5H3. The summed E-state index contributed by atoms with van der Waals surface area (Å²) in [5.74, 6) is 0. The second-order valence-corrected chi connectivity index (χ2v) is 8.35. The topological polar surface area (TPSA) is 90.9 Å². The Labute approximate surface area is 158 Å². The van der Waals surface area contributed by atoms with E-state index in [1.807, 2.05) is 32.0 Å². The van der Waals surface area contributed by atoms with Gasteiger partial charge in [0.15, 0.2) is 0 Å². The summed E-state index contributed by atoms with van der Waals surface area (Å²) in [6.45, 7) is 7.16. The van der Waals surface area contributed by atoms with Gasteiger partial charge >= 0.3 is 0 Å². The highest BCUT2D eigenvalue weighted by Gasteiger charge is 2.25. The van der Waals surface area contributed by atoms with Crippen molar-refractivity contribution in [1.29, 1.82) is 0 Å². The molecule has 0 radical (unpaired) electrons. The maximum absolute atomic E-state index is 12.9. The highest BCUT2D eigenvalue weighted by atomic mass is 32.2. The Balaban J connectivity index is 2.07. The van der Waals surface area contributed by atoms with Crippen LogP contribution in [0.5, 0.6) is 0 Å². The molecule has 0 aliphatic heterocycles. The number of sulfonamides is 1. The van der Waals surface area contributed by atoms with Crippen LogP contribution >= 0.6 is 0 Å². The summed E-state index contributed by atoms with van der Waals surface area (Å²) in [6.07, 6.45) is 1.48. The van der Waals surface area contributed by atoms with E-state index in [0.717, 1.165) is 0 Å². The van der Waals surface area contributed by atoms with Crippen LogP contribution < -0.4 is 10.3 Å². The third-order valence-corrected chi connectivity index (χ3v) is 5.93. The van der Waals surface area contributed by atoms with Crippen LogP contribution in [-0.2, 0) is 17.1 Å². The Morgan fingerprint density at radius 1 is 1.11 bits per heavy atom. The first-order valence-corrected chi connectivity index (χ1v) is 10.0. The Hall–Kier alpha value is -2.81. The molecule has 0 aliphatic rings. The Bertz CT molecular complexity index is 1140. The lowest BCUT2D eigenvalue weighted by atomic mass is 10.3. The van der Waals surface area contributed by atoms with Crippen molar-refractivity contribution in [1.82, 2.24) is 19.1 Å². The summed E-state index contributed by atoms with van der Waals surface area (Å²) < 4.78 is 32.9. The molecule has 9 heteroatoms. The van der Waals surface area contributed by atoms with Gasteiger partial charge in [0.25, 0.3) is 15.6 Å². The molecule has 0 unspecified atom stereocenters. The van der Waals surface area contributed by atoms with Gasteiger partial charge in [0, 0.05) is 19.3 Å². The van der Waals surface area contributed by atoms with Crippen LogP contribution in [0.3, 0.4) is 0 Å². The molecule has 0 spiro atoms. The number of aryl methyl sites for hydroxylation is 1. The monoisotopic (exact) mass is 389 g/mol. The fourth-order valence-electron chi connectivity index (χ4n) is 2.87. The minimum Gasteiger partial charge on any atom is -0.283 e. The molecule has 0 saturated carbocycles. The molecule has 27 heavy (non-hydrogen) atoms. The van der Waals surface area contributed by atoms with Crippen LogP contribution in [-0.4, -0.2) is 27.6 Å². The summed E-state index contributed by atoms with van der Waals surface area (Å²) >= 11 is 0. The fraction of sp³-hybridized carbons (Fsp3) is 0.333. The number of rotatable bonds is 5. The second-order valence-electron chi connectivity index (χ2n) is 6.69. The number of para-hydroxylation sites is 1. The van der Waals surface area contributed by atoms with Crippen molar-refractivity contribution in [3.8, 4) is 5.69 Å². The number of nitrogens with zero attached hydrogens (tertiary/aromatic N) is 4. The van der Waals surface area contributed by atoms with E-state index in [0.29, 0.717) is 17.1 Å². The van der Waals surface area contributed by atoms with Gasteiger partial charge in [-0.2, -0.15) is 5.10 Å². The van der Waals surface area contributed by atoms with Crippen molar-refractivity contribution in [2.24, 2.45) is 7.05 Å². The Morgan fingerprint density at radius 2 is 1.74 bits per heavy atom. The molecule has 2 heterocycles. The molecule has 1 aromatic carbocycles. The van der Waals surface area contributed by atoms with Gasteiger partial charge in [-0.15, -0.1) is 0 Å². The predicted octanol–water partition coefficient (Wildman–Crippen LogP) is 2.37. The number of hydrogen-bond donors (Lipinski definition) is 1. The van der Waals surface area contributed by atoms with Crippen LogP contribution in [0.4, 0.5) is 5.69 Å². The molecule has 8 nitrogen and oxygen atoms in total. The number of nitrogens with one attached hydrogen (secondary N) is 1. The van der Waals surface area contributed by atoms with E-state index in [2.05, 4.69) is 9.82 Å². The van der Waals surface area contributed by atoms with Gasteiger partial charge < -0.3 is 0 Å². The van der Waals surface area contributed by atoms with Crippen molar-refractivity contribution < 1.29 is 8.42 Å². The van der Waals surface area contributed by atoms with Crippen LogP contribution in [0, 0.1) is 13.8 Å². The average molecular weight is 389 g/mol. The quantitative estimate of drug-likeness (QED) is 0.725. The molecule has 0 fully saturated rings. The number of hydrogen-bond acceptors (Lipinski definition) is 4. The Morgan fingerprint density at radius 3 is 2.30 bits per heavy atom. The molecule has 144 valence electrons. The lowest BCUT2D eigenvalue weighted by Crippen LogP contribution is -2.23. The summed E-state index contributed by atoms with van der Waals surface area (Å²) in [6, 6.07) is 9.09. The zero-order valence-electron chi connectivity index (χ0n) is 16.0. The van der Waals surface area contributed by atoms with Gasteiger partial charge in [-0.1, -0.05) is 18.2 Å². The van der Waals surface area contributed by atoms with E-state index in [1.165, 1.54) is 10.9 Å². The highest BCUT2D eigenvalue weighted by molar-refractivity contribution is 7.92. The zero-order chi connectivity index (χ0) is 19.9. The van der Waals surface area contributed by atoms with Crippen molar-refractivity contribution in [3.63, 3.8) is 0 Å². The molecule has 1 N–H and O–H groups in total. The normalized spacial score (nSPS) is 11.9. The van der Waals surface area contributed by atoms with E-state index in [1.54, 1.807) is 42.4 Å². The van der Waals surface area contributed by atoms with E-state index in [9.17, 15) is 13.2 Å². The molecule has 0 bridgehead atoms. The molecule has 0 saturated heterocycles. The summed E-state index contributed by atoms with van der Waals surface area (Å²) in [5, 5.41) is 4.24. The minimum atomic E-state index is -3.95. The number of benzene rings is 1. The van der Waals surface area contributed by atoms with Gasteiger partial charge in [-0.05, 0) is 39.8 Å². The molecule has 3 aromatic rings. The first kappa shape index (κ1) is 19.0. The third-order valence-electron chi connectivity index (χ3n) is 4.48. The number of aromatic nitrogens is 4. The zero-order valence-corrected chi connectivity index (χ0v) is 16.8. The van der Waals surface area contributed by atoms with E-state index in [-0.39, 0.29) is 16.6 Å². The maximum Gasteiger partial charge on any atom is 0.296 e. The second kappa shape index (κ2) is 6.73. The smallest absolute Gasteiger partial charge is 0.283 e. The molecular weight excluding hydrogens is 366 g/mol. The first-order chi connectivity index (χ1) is 12.6. The summed E-state index contributed by atoms with van der Waals surface area (Å²) in [5.41, 5.74) is 1.15. The number of anilines is 1. The van der Waals surface area contributed by atoms with Crippen LogP contribution in [0.15, 0.2) is 46.2 Å². The molecular formula is C18H23N5O3S. The van der Waals surface area contributed by atoms with Gasteiger partial charge in [0.2, 0.25) is 0 Å².